The molecule has 1 aromatic rings. The highest BCUT2D eigenvalue weighted by atomic mass is 35.5. The van der Waals surface area contributed by atoms with Crippen LogP contribution in [0.15, 0.2) is 29.2 Å². The van der Waals surface area contributed by atoms with Gasteiger partial charge in [0.2, 0.25) is 0 Å². The monoisotopic (exact) mass is 316 g/mol. The van der Waals surface area contributed by atoms with Gasteiger partial charge in [-0.25, -0.2) is 8.42 Å². The average molecular weight is 317 g/mol. The highest BCUT2D eigenvalue weighted by Gasteiger charge is 2.18. The van der Waals surface area contributed by atoms with Crippen molar-refractivity contribution in [2.24, 2.45) is 0 Å². The minimum Gasteiger partial charge on any atom is -0.313 e. The van der Waals surface area contributed by atoms with Gasteiger partial charge in [-0.3, -0.25) is 0 Å². The first-order valence-corrected chi connectivity index (χ1v) is 8.91. The van der Waals surface area contributed by atoms with Crippen molar-refractivity contribution in [2.45, 2.75) is 23.8 Å². The van der Waals surface area contributed by atoms with Gasteiger partial charge in [0, 0.05) is 24.2 Å². The number of hydrogen-bond acceptors (Lipinski definition) is 4. The number of sulfone groups is 1. The number of halogens is 1. The fourth-order valence-corrected chi connectivity index (χ4v) is 3.88. The molecule has 1 N–H and O–H groups in total. The lowest BCUT2D eigenvalue weighted by atomic mass is 10.2. The second-order valence-corrected chi connectivity index (χ2v) is 7.87. The van der Waals surface area contributed by atoms with Gasteiger partial charge in [-0.1, -0.05) is 11.6 Å². The van der Waals surface area contributed by atoms with E-state index in [1.807, 2.05) is 7.05 Å². The third kappa shape index (κ3) is 4.45. The van der Waals surface area contributed by atoms with Crippen molar-refractivity contribution in [3.63, 3.8) is 0 Å². The molecule has 20 heavy (non-hydrogen) atoms. The van der Waals surface area contributed by atoms with Crippen molar-refractivity contribution in [1.82, 2.24) is 10.2 Å². The second-order valence-electron chi connectivity index (χ2n) is 5.33. The van der Waals surface area contributed by atoms with Gasteiger partial charge in [0.25, 0.3) is 0 Å². The Kier molecular flexibility index (Phi) is 5.43. The van der Waals surface area contributed by atoms with Gasteiger partial charge < -0.3 is 10.2 Å². The molecule has 0 amide bonds. The third-order valence-corrected chi connectivity index (χ3v) is 5.57. The first kappa shape index (κ1) is 15.8. The molecule has 4 nitrogen and oxygen atoms in total. The molecule has 1 saturated heterocycles. The molecule has 1 unspecified atom stereocenters. The summed E-state index contributed by atoms with van der Waals surface area (Å²) in [7, 11) is -1.26. The van der Waals surface area contributed by atoms with E-state index in [0.717, 1.165) is 13.1 Å². The molecular weight excluding hydrogens is 296 g/mol. The Labute approximate surface area is 126 Å². The van der Waals surface area contributed by atoms with Crippen LogP contribution in [0.2, 0.25) is 5.02 Å². The Bertz CT molecular complexity index is 525. The predicted molar refractivity (Wildman–Crippen MR) is 82.0 cm³/mol. The zero-order chi connectivity index (χ0) is 14.6. The lowest BCUT2D eigenvalue weighted by Crippen LogP contribution is -2.37. The van der Waals surface area contributed by atoms with Crippen LogP contribution in [0.25, 0.3) is 0 Å². The lowest BCUT2D eigenvalue weighted by molar-refractivity contribution is 0.315. The molecule has 1 atom stereocenters. The van der Waals surface area contributed by atoms with Gasteiger partial charge >= 0.3 is 0 Å². The van der Waals surface area contributed by atoms with Crippen LogP contribution < -0.4 is 5.32 Å². The van der Waals surface area contributed by atoms with Crippen LogP contribution in [-0.4, -0.2) is 51.8 Å². The van der Waals surface area contributed by atoms with Crippen molar-refractivity contribution >= 4 is 21.4 Å². The first-order chi connectivity index (χ1) is 9.47. The highest BCUT2D eigenvalue weighted by Crippen LogP contribution is 2.15. The molecule has 0 aromatic heterocycles. The van der Waals surface area contributed by atoms with Crippen molar-refractivity contribution in [3.05, 3.63) is 29.3 Å². The number of hydrogen-bond donors (Lipinski definition) is 1. The molecule has 0 radical (unpaired) electrons. The maximum absolute atomic E-state index is 12.2. The van der Waals surface area contributed by atoms with Crippen molar-refractivity contribution in [2.75, 3.05) is 32.4 Å². The molecule has 2 rings (SSSR count). The molecule has 1 fully saturated rings. The third-order valence-electron chi connectivity index (χ3n) is 3.61. The normalized spacial score (nSPS) is 19.6. The summed E-state index contributed by atoms with van der Waals surface area (Å²) < 4.78 is 24.4. The van der Waals surface area contributed by atoms with Crippen LogP contribution in [-0.2, 0) is 9.84 Å². The molecule has 0 aliphatic carbocycles. The van der Waals surface area contributed by atoms with Crippen LogP contribution in [0.5, 0.6) is 0 Å². The predicted octanol–water partition coefficient (Wildman–Crippen LogP) is 1.80. The second kappa shape index (κ2) is 6.89. The summed E-state index contributed by atoms with van der Waals surface area (Å²) in [5, 5.41) is 3.97. The van der Waals surface area contributed by atoms with E-state index in [2.05, 4.69) is 10.2 Å². The van der Waals surface area contributed by atoms with Gasteiger partial charge in [-0.05, 0) is 50.7 Å². The van der Waals surface area contributed by atoms with Crippen molar-refractivity contribution in [3.8, 4) is 0 Å². The van der Waals surface area contributed by atoms with Crippen LogP contribution in [0, 0.1) is 0 Å². The van der Waals surface area contributed by atoms with Crippen LogP contribution >= 0.6 is 11.6 Å². The van der Waals surface area contributed by atoms with E-state index in [0.29, 0.717) is 22.5 Å². The smallest absolute Gasteiger partial charge is 0.179 e. The highest BCUT2D eigenvalue weighted by molar-refractivity contribution is 7.91. The molecule has 1 aliphatic heterocycles. The van der Waals surface area contributed by atoms with Gasteiger partial charge in [0.15, 0.2) is 9.84 Å². The standard InChI is InChI=1S/C14H21ClN2O2S/c1-17(11-13-3-2-8-16-13)9-10-20(18,19)14-6-4-12(15)5-7-14/h4-7,13,16H,2-3,8-11H2,1H3. The first-order valence-electron chi connectivity index (χ1n) is 6.87. The minimum atomic E-state index is -3.23. The number of rotatable bonds is 6. The molecule has 1 aromatic carbocycles. The molecule has 0 saturated carbocycles. The summed E-state index contributed by atoms with van der Waals surface area (Å²) in [5.41, 5.74) is 0. The van der Waals surface area contributed by atoms with Gasteiger partial charge in [-0.15, -0.1) is 0 Å². The van der Waals surface area contributed by atoms with E-state index in [1.54, 1.807) is 24.3 Å². The summed E-state index contributed by atoms with van der Waals surface area (Å²) in [5.74, 6) is 0.137. The average Bonchev–Trinajstić information content (AvgIpc) is 2.90. The largest absolute Gasteiger partial charge is 0.313 e. The Morgan fingerprint density at radius 3 is 2.65 bits per heavy atom. The topological polar surface area (TPSA) is 49.4 Å². The van der Waals surface area contributed by atoms with E-state index in [4.69, 9.17) is 11.6 Å². The van der Waals surface area contributed by atoms with E-state index in [9.17, 15) is 8.42 Å². The van der Waals surface area contributed by atoms with Crippen LogP contribution in [0.3, 0.4) is 0 Å². The van der Waals surface area contributed by atoms with E-state index in [1.165, 1.54) is 12.8 Å². The fourth-order valence-electron chi connectivity index (χ4n) is 2.42. The zero-order valence-electron chi connectivity index (χ0n) is 11.7. The zero-order valence-corrected chi connectivity index (χ0v) is 13.3. The summed E-state index contributed by atoms with van der Waals surface area (Å²) in [6.07, 6.45) is 2.38. The molecular formula is C14H21ClN2O2S. The van der Waals surface area contributed by atoms with Crippen molar-refractivity contribution in [1.29, 1.82) is 0 Å². The number of nitrogens with one attached hydrogen (secondary N) is 1. The van der Waals surface area contributed by atoms with Gasteiger partial charge in [0.05, 0.1) is 10.6 Å². The van der Waals surface area contributed by atoms with Crippen LogP contribution in [0.4, 0.5) is 0 Å². The van der Waals surface area contributed by atoms with Gasteiger partial charge in [-0.2, -0.15) is 0 Å². The Morgan fingerprint density at radius 2 is 2.05 bits per heavy atom. The Morgan fingerprint density at radius 1 is 1.35 bits per heavy atom. The summed E-state index contributed by atoms with van der Waals surface area (Å²) in [6, 6.07) is 6.85. The maximum Gasteiger partial charge on any atom is 0.179 e. The van der Waals surface area contributed by atoms with Crippen LogP contribution in [0.1, 0.15) is 12.8 Å². The SMILES string of the molecule is CN(CCS(=O)(=O)c1ccc(Cl)cc1)CC1CCCN1. The molecule has 0 bridgehead atoms. The van der Waals surface area contributed by atoms with E-state index in [-0.39, 0.29) is 5.75 Å². The molecule has 112 valence electrons. The quantitative estimate of drug-likeness (QED) is 0.869. The Hall–Kier alpha value is -0.620. The molecule has 1 heterocycles. The minimum absolute atomic E-state index is 0.137. The maximum atomic E-state index is 12.2. The molecule has 6 heteroatoms. The van der Waals surface area contributed by atoms with E-state index < -0.39 is 9.84 Å². The number of benzene rings is 1. The fraction of sp³-hybridized carbons (Fsp3) is 0.571. The summed E-state index contributed by atoms with van der Waals surface area (Å²) in [4.78, 5) is 2.42. The number of likely N-dealkylation sites (N-methyl/N-ethyl adjacent to an activating group) is 1. The summed E-state index contributed by atoms with van der Waals surface area (Å²) >= 11 is 5.77. The summed E-state index contributed by atoms with van der Waals surface area (Å²) in [6.45, 7) is 2.51. The van der Waals surface area contributed by atoms with Gasteiger partial charge in [0.1, 0.15) is 0 Å². The molecule has 0 spiro atoms. The van der Waals surface area contributed by atoms with E-state index >= 15 is 0 Å². The molecule has 1 aliphatic rings. The number of nitrogens with zero attached hydrogens (tertiary/aromatic N) is 1. The Balaban J connectivity index is 1.86. The van der Waals surface area contributed by atoms with Crippen molar-refractivity contribution < 1.29 is 8.42 Å². The lowest BCUT2D eigenvalue weighted by Gasteiger charge is -2.20.